The first-order valence-corrected chi connectivity index (χ1v) is 9.55. The van der Waals surface area contributed by atoms with Gasteiger partial charge in [-0.15, -0.1) is 11.6 Å². The second-order valence-corrected chi connectivity index (χ2v) is 7.57. The van der Waals surface area contributed by atoms with Crippen molar-refractivity contribution in [1.82, 2.24) is 4.31 Å². The molecule has 0 N–H and O–H groups in total. The number of ether oxygens (including phenoxy) is 2. The van der Waals surface area contributed by atoms with Gasteiger partial charge < -0.3 is 9.47 Å². The van der Waals surface area contributed by atoms with Gasteiger partial charge in [-0.05, 0) is 12.3 Å². The zero-order chi connectivity index (χ0) is 16.0. The van der Waals surface area contributed by atoms with Crippen LogP contribution in [-0.2, 0) is 15.9 Å². The number of benzene rings is 1. The third-order valence-corrected chi connectivity index (χ3v) is 5.71. The number of hydrogen-bond acceptors (Lipinski definition) is 5. The van der Waals surface area contributed by atoms with E-state index in [0.29, 0.717) is 23.6 Å². The van der Waals surface area contributed by atoms with Gasteiger partial charge in [0.15, 0.2) is 11.5 Å². The summed E-state index contributed by atoms with van der Waals surface area (Å²) < 4.78 is 36.9. The first-order valence-electron chi connectivity index (χ1n) is 6.18. The largest absolute Gasteiger partial charge is 0.493 e. The van der Waals surface area contributed by atoms with Crippen LogP contribution in [0.2, 0.25) is 0 Å². The minimum absolute atomic E-state index is 0.136. The maximum Gasteiger partial charge on any atom is 0.242 e. The van der Waals surface area contributed by atoms with Crippen molar-refractivity contribution in [2.24, 2.45) is 0 Å². The lowest BCUT2D eigenvalue weighted by molar-refractivity contribution is 0.351. The number of hydrogen-bond donors (Lipinski definition) is 0. The van der Waals surface area contributed by atoms with E-state index in [2.05, 4.69) is 0 Å². The van der Waals surface area contributed by atoms with E-state index in [0.717, 1.165) is 5.75 Å². The molecule has 8 heteroatoms. The monoisotopic (exact) mass is 353 g/mol. The summed E-state index contributed by atoms with van der Waals surface area (Å²) in [6, 6.07) is 2.99. The molecule has 0 aliphatic carbocycles. The molecule has 0 spiro atoms. The van der Waals surface area contributed by atoms with Crippen molar-refractivity contribution in [3.8, 4) is 11.5 Å². The maximum absolute atomic E-state index is 12.6. The van der Waals surface area contributed by atoms with Crippen LogP contribution in [0.25, 0.3) is 0 Å². The standard InChI is InChI=1S/C13H20ClNO4S2/c1-15(5-6-20-4)21(16,17)11-7-10(9-14)13(19-3)12(8-11)18-2/h7-8H,5-6,9H2,1-4H3. The molecule has 1 aromatic rings. The molecule has 0 bridgehead atoms. The first kappa shape index (κ1) is 18.4. The van der Waals surface area contributed by atoms with E-state index >= 15 is 0 Å². The minimum atomic E-state index is -3.58. The SMILES string of the molecule is COc1cc(S(=O)(=O)N(C)CCSC)cc(CCl)c1OC. The Morgan fingerprint density at radius 2 is 1.95 bits per heavy atom. The van der Waals surface area contributed by atoms with Gasteiger partial charge in [0, 0.05) is 31.0 Å². The topological polar surface area (TPSA) is 55.8 Å². The second-order valence-electron chi connectivity index (χ2n) is 4.27. The molecule has 0 radical (unpaired) electrons. The number of methoxy groups -OCH3 is 2. The van der Waals surface area contributed by atoms with Crippen molar-refractivity contribution < 1.29 is 17.9 Å². The molecular formula is C13H20ClNO4S2. The Labute approximate surface area is 135 Å². The van der Waals surface area contributed by atoms with Crippen LogP contribution in [-0.4, -0.2) is 52.5 Å². The number of halogens is 1. The summed E-state index contributed by atoms with van der Waals surface area (Å²) >= 11 is 7.47. The molecular weight excluding hydrogens is 334 g/mol. The third-order valence-electron chi connectivity index (χ3n) is 2.99. The van der Waals surface area contributed by atoms with Crippen LogP contribution in [0.15, 0.2) is 17.0 Å². The van der Waals surface area contributed by atoms with Crippen LogP contribution in [0, 0.1) is 0 Å². The Kier molecular flexibility index (Phi) is 7.12. The Balaban J connectivity index is 3.30. The van der Waals surface area contributed by atoms with Gasteiger partial charge in [-0.25, -0.2) is 12.7 Å². The second kappa shape index (κ2) is 8.12. The molecule has 0 aliphatic heterocycles. The lowest BCUT2D eigenvalue weighted by atomic mass is 10.2. The van der Waals surface area contributed by atoms with E-state index in [1.54, 1.807) is 18.8 Å². The molecule has 0 saturated heterocycles. The molecule has 0 fully saturated rings. The van der Waals surface area contributed by atoms with Gasteiger partial charge >= 0.3 is 0 Å². The van der Waals surface area contributed by atoms with Crippen LogP contribution < -0.4 is 9.47 Å². The number of alkyl halides is 1. The molecule has 1 rings (SSSR count). The first-order chi connectivity index (χ1) is 9.92. The van der Waals surface area contributed by atoms with E-state index in [1.807, 2.05) is 6.26 Å². The molecule has 0 atom stereocenters. The number of sulfonamides is 1. The zero-order valence-electron chi connectivity index (χ0n) is 12.6. The smallest absolute Gasteiger partial charge is 0.242 e. The van der Waals surface area contributed by atoms with Crippen LogP contribution in [0.5, 0.6) is 11.5 Å². The molecule has 1 aromatic carbocycles. The van der Waals surface area contributed by atoms with E-state index in [9.17, 15) is 8.42 Å². The van der Waals surface area contributed by atoms with Gasteiger partial charge in [-0.2, -0.15) is 11.8 Å². The molecule has 0 aliphatic rings. The highest BCUT2D eigenvalue weighted by Gasteiger charge is 2.24. The van der Waals surface area contributed by atoms with Crippen molar-refractivity contribution in [3.05, 3.63) is 17.7 Å². The number of nitrogens with zero attached hydrogens (tertiary/aromatic N) is 1. The Hall–Kier alpha value is -0.630. The summed E-state index contributed by atoms with van der Waals surface area (Å²) in [5.74, 6) is 1.67. The van der Waals surface area contributed by atoms with Gasteiger partial charge in [0.1, 0.15) is 0 Å². The van der Waals surface area contributed by atoms with Gasteiger partial charge in [0.25, 0.3) is 0 Å². The van der Waals surface area contributed by atoms with Gasteiger partial charge in [0.2, 0.25) is 10.0 Å². The predicted octanol–water partition coefficient (Wildman–Crippen LogP) is 2.43. The lowest BCUT2D eigenvalue weighted by Gasteiger charge is -2.19. The van der Waals surface area contributed by atoms with Crippen molar-refractivity contribution in [2.45, 2.75) is 10.8 Å². The Morgan fingerprint density at radius 3 is 2.43 bits per heavy atom. The van der Waals surface area contributed by atoms with Gasteiger partial charge in [-0.3, -0.25) is 0 Å². The molecule has 0 unspecified atom stereocenters. The molecule has 0 amide bonds. The lowest BCUT2D eigenvalue weighted by Crippen LogP contribution is -2.29. The minimum Gasteiger partial charge on any atom is -0.493 e. The molecule has 21 heavy (non-hydrogen) atoms. The summed E-state index contributed by atoms with van der Waals surface area (Å²) in [6.45, 7) is 0.439. The molecule has 0 aromatic heterocycles. The summed E-state index contributed by atoms with van der Waals surface area (Å²) in [5.41, 5.74) is 0.579. The van der Waals surface area contributed by atoms with Gasteiger partial charge in [0.05, 0.1) is 25.0 Å². The highest BCUT2D eigenvalue weighted by atomic mass is 35.5. The maximum atomic E-state index is 12.6. The highest BCUT2D eigenvalue weighted by molar-refractivity contribution is 7.98. The fourth-order valence-electron chi connectivity index (χ4n) is 1.78. The van der Waals surface area contributed by atoms with Crippen LogP contribution in [0.3, 0.4) is 0 Å². The molecule has 0 heterocycles. The molecule has 120 valence electrons. The van der Waals surface area contributed by atoms with Gasteiger partial charge in [-0.1, -0.05) is 0 Å². The zero-order valence-corrected chi connectivity index (χ0v) is 14.9. The van der Waals surface area contributed by atoms with Crippen molar-refractivity contribution >= 4 is 33.4 Å². The highest BCUT2D eigenvalue weighted by Crippen LogP contribution is 2.35. The predicted molar refractivity (Wildman–Crippen MR) is 87.3 cm³/mol. The third kappa shape index (κ3) is 4.18. The number of rotatable bonds is 8. The van der Waals surface area contributed by atoms with E-state index in [-0.39, 0.29) is 10.8 Å². The van der Waals surface area contributed by atoms with Crippen molar-refractivity contribution in [2.75, 3.05) is 39.8 Å². The average molecular weight is 354 g/mol. The number of thioether (sulfide) groups is 1. The van der Waals surface area contributed by atoms with Crippen LogP contribution >= 0.6 is 23.4 Å². The summed E-state index contributed by atoms with van der Waals surface area (Å²) in [4.78, 5) is 0.152. The summed E-state index contributed by atoms with van der Waals surface area (Å²) in [7, 11) is 0.937. The molecule has 5 nitrogen and oxygen atoms in total. The molecule has 0 saturated carbocycles. The quantitative estimate of drug-likeness (QED) is 0.672. The van der Waals surface area contributed by atoms with Crippen LogP contribution in [0.1, 0.15) is 5.56 Å². The van der Waals surface area contributed by atoms with Crippen LogP contribution in [0.4, 0.5) is 0 Å². The van der Waals surface area contributed by atoms with E-state index in [4.69, 9.17) is 21.1 Å². The summed E-state index contributed by atoms with van der Waals surface area (Å²) in [5, 5.41) is 0. The average Bonchev–Trinajstić information content (AvgIpc) is 2.50. The van der Waals surface area contributed by atoms with Crippen molar-refractivity contribution in [1.29, 1.82) is 0 Å². The Morgan fingerprint density at radius 1 is 1.29 bits per heavy atom. The van der Waals surface area contributed by atoms with E-state index in [1.165, 1.54) is 30.7 Å². The van der Waals surface area contributed by atoms with Crippen molar-refractivity contribution in [3.63, 3.8) is 0 Å². The Bertz CT molecular complexity index is 553. The normalized spacial score (nSPS) is 11.7. The van der Waals surface area contributed by atoms with E-state index < -0.39 is 10.0 Å². The fraction of sp³-hybridized carbons (Fsp3) is 0.538. The fourth-order valence-corrected chi connectivity index (χ4v) is 3.79. The summed E-state index contributed by atoms with van der Waals surface area (Å²) in [6.07, 6.45) is 1.93.